The van der Waals surface area contributed by atoms with Crippen molar-refractivity contribution in [3.05, 3.63) is 29.8 Å². The molecule has 2 saturated heterocycles. The maximum Gasteiger partial charge on any atom is 0.341 e. The van der Waals surface area contributed by atoms with Gasteiger partial charge in [0.15, 0.2) is 6.61 Å². The van der Waals surface area contributed by atoms with Gasteiger partial charge in [0.2, 0.25) is 0 Å². The van der Waals surface area contributed by atoms with E-state index >= 15 is 0 Å². The number of hydrogen-bond acceptors (Lipinski definition) is 4. The van der Waals surface area contributed by atoms with E-state index in [1.807, 2.05) is 12.1 Å². The molecule has 1 aromatic carbocycles. The van der Waals surface area contributed by atoms with Gasteiger partial charge in [-0.3, -0.25) is 9.80 Å². The molecular weight excluding hydrogens is 328 g/mol. The number of rotatable bonds is 5. The summed E-state index contributed by atoms with van der Waals surface area (Å²) in [6, 6.07) is 10.0. The zero-order chi connectivity index (χ0) is 18.3. The highest BCUT2D eigenvalue weighted by atomic mass is 16.5. The fourth-order valence-electron chi connectivity index (χ4n) is 5.84. The molecule has 2 aliphatic heterocycles. The maximum absolute atomic E-state index is 10.6. The summed E-state index contributed by atoms with van der Waals surface area (Å²) in [4.78, 5) is 16.0. The first-order valence-corrected chi connectivity index (χ1v) is 9.87. The summed E-state index contributed by atoms with van der Waals surface area (Å²) in [6.45, 7) is 4.36. The highest BCUT2D eigenvalue weighted by molar-refractivity contribution is 5.68. The van der Waals surface area contributed by atoms with Crippen LogP contribution in [0, 0.1) is 5.41 Å². The molecule has 0 spiro atoms. The topological polar surface area (TPSA) is 53.0 Å². The van der Waals surface area contributed by atoms with Crippen LogP contribution in [0.25, 0.3) is 0 Å². The fourth-order valence-corrected chi connectivity index (χ4v) is 5.84. The van der Waals surface area contributed by atoms with Crippen LogP contribution < -0.4 is 4.74 Å². The van der Waals surface area contributed by atoms with Gasteiger partial charge >= 0.3 is 5.97 Å². The molecule has 4 atom stereocenters. The van der Waals surface area contributed by atoms with E-state index in [0.717, 1.165) is 19.1 Å². The van der Waals surface area contributed by atoms with Crippen LogP contribution in [-0.2, 0) is 11.3 Å². The number of piperidine rings is 1. The van der Waals surface area contributed by atoms with E-state index in [0.29, 0.717) is 23.2 Å². The van der Waals surface area contributed by atoms with Crippen LogP contribution in [0.4, 0.5) is 0 Å². The zero-order valence-corrected chi connectivity index (χ0v) is 15.9. The van der Waals surface area contributed by atoms with E-state index in [2.05, 4.69) is 35.9 Å². The molecule has 1 saturated carbocycles. The van der Waals surface area contributed by atoms with Crippen molar-refractivity contribution in [3.63, 3.8) is 0 Å². The quantitative estimate of drug-likeness (QED) is 0.877. The molecule has 2 bridgehead atoms. The van der Waals surface area contributed by atoms with Gasteiger partial charge in [-0.15, -0.1) is 0 Å². The van der Waals surface area contributed by atoms with Gasteiger partial charge in [-0.05, 0) is 44.0 Å². The Hall–Kier alpha value is -1.59. The Labute approximate surface area is 155 Å². The number of benzene rings is 1. The lowest BCUT2D eigenvalue weighted by Crippen LogP contribution is -2.53. The van der Waals surface area contributed by atoms with E-state index in [1.54, 1.807) is 0 Å². The van der Waals surface area contributed by atoms with Crippen LogP contribution in [0.1, 0.15) is 44.6 Å². The summed E-state index contributed by atoms with van der Waals surface area (Å²) in [5, 5.41) is 8.72. The monoisotopic (exact) mass is 358 g/mol. The number of ether oxygens (including phenoxy) is 1. The predicted molar refractivity (Wildman–Crippen MR) is 100 cm³/mol. The number of carboxylic acid groups (broad SMARTS) is 1. The van der Waals surface area contributed by atoms with Crippen molar-refractivity contribution in [1.82, 2.24) is 9.80 Å². The van der Waals surface area contributed by atoms with E-state index in [-0.39, 0.29) is 6.61 Å². The number of likely N-dealkylation sites (tertiary alicyclic amines) is 2. The maximum atomic E-state index is 10.6. The van der Waals surface area contributed by atoms with Gasteiger partial charge in [0.1, 0.15) is 5.75 Å². The lowest BCUT2D eigenvalue weighted by atomic mass is 9.71. The number of fused-ring (bicyclic) bond motifs is 1. The Morgan fingerprint density at radius 2 is 1.92 bits per heavy atom. The summed E-state index contributed by atoms with van der Waals surface area (Å²) in [5.74, 6) is -0.325. The normalized spacial score (nSPS) is 34.5. The zero-order valence-electron chi connectivity index (χ0n) is 15.9. The minimum Gasteiger partial charge on any atom is -0.482 e. The average molecular weight is 358 g/mol. The van der Waals surface area contributed by atoms with E-state index in [1.165, 1.54) is 37.7 Å². The minimum atomic E-state index is -0.946. The Morgan fingerprint density at radius 3 is 2.62 bits per heavy atom. The van der Waals surface area contributed by atoms with Crippen molar-refractivity contribution in [1.29, 1.82) is 0 Å². The third-order valence-electron chi connectivity index (χ3n) is 7.03. The van der Waals surface area contributed by atoms with Gasteiger partial charge in [-0.2, -0.15) is 0 Å². The van der Waals surface area contributed by atoms with E-state index in [9.17, 15) is 4.79 Å². The molecule has 5 heteroatoms. The molecule has 5 nitrogen and oxygen atoms in total. The number of likely N-dealkylation sites (N-methyl/N-ethyl adjacent to an activating group) is 1. The number of carbonyl (C=O) groups is 1. The van der Waals surface area contributed by atoms with Crippen molar-refractivity contribution in [2.75, 3.05) is 20.2 Å². The fraction of sp³-hybridized carbons (Fsp3) is 0.667. The summed E-state index contributed by atoms with van der Waals surface area (Å²) >= 11 is 0. The Bertz CT molecular complexity index is 662. The van der Waals surface area contributed by atoms with Crippen LogP contribution in [0.3, 0.4) is 0 Å². The first kappa shape index (κ1) is 17.8. The Kier molecular flexibility index (Phi) is 4.70. The lowest BCUT2D eigenvalue weighted by molar-refractivity contribution is -0.139. The smallest absolute Gasteiger partial charge is 0.341 e. The van der Waals surface area contributed by atoms with Crippen LogP contribution in [0.15, 0.2) is 24.3 Å². The second-order valence-electron chi connectivity index (χ2n) is 8.60. The van der Waals surface area contributed by atoms with Crippen LogP contribution in [0.5, 0.6) is 5.75 Å². The summed E-state index contributed by atoms with van der Waals surface area (Å²) < 4.78 is 5.25. The number of nitrogens with zero attached hydrogens (tertiary/aromatic N) is 2. The predicted octanol–water partition coefficient (Wildman–Crippen LogP) is 2.99. The molecule has 2 heterocycles. The number of carboxylic acids is 1. The minimum absolute atomic E-state index is 0.290. The molecule has 3 fully saturated rings. The molecular formula is C21H30N2O3. The first-order chi connectivity index (χ1) is 12.5. The second-order valence-corrected chi connectivity index (χ2v) is 8.60. The highest BCUT2D eigenvalue weighted by Gasteiger charge is 2.57. The van der Waals surface area contributed by atoms with E-state index in [4.69, 9.17) is 9.84 Å². The summed E-state index contributed by atoms with van der Waals surface area (Å²) in [6.07, 6.45) is 6.71. The molecule has 3 aliphatic rings. The van der Waals surface area contributed by atoms with Crippen LogP contribution >= 0.6 is 0 Å². The largest absolute Gasteiger partial charge is 0.482 e. The molecule has 0 unspecified atom stereocenters. The number of aliphatic carboxylic acids is 1. The van der Waals surface area contributed by atoms with Crippen molar-refractivity contribution in [3.8, 4) is 5.75 Å². The summed E-state index contributed by atoms with van der Waals surface area (Å²) in [5.41, 5.74) is 1.69. The lowest BCUT2D eigenvalue weighted by Gasteiger charge is -2.47. The summed E-state index contributed by atoms with van der Waals surface area (Å²) in [7, 11) is 2.33. The van der Waals surface area contributed by atoms with Gasteiger partial charge < -0.3 is 9.84 Å². The van der Waals surface area contributed by atoms with Gasteiger partial charge in [0.05, 0.1) is 0 Å². The van der Waals surface area contributed by atoms with Crippen molar-refractivity contribution >= 4 is 5.97 Å². The standard InChI is InChI=1S/C21H30N2O3/c1-21-11-16-13-23(19(21)6-4-3-5-18(21)22(16)2)12-15-7-9-17(10-8-15)26-14-20(24)25/h7-10,16,18-19H,3-6,11-14H2,1-2H3,(H,24,25)/t16-,18-,19+,21-/m0/s1. The van der Waals surface area contributed by atoms with Crippen LogP contribution in [0.2, 0.25) is 0 Å². The molecule has 0 amide bonds. The molecule has 26 heavy (non-hydrogen) atoms. The average Bonchev–Trinajstić information content (AvgIpc) is 2.73. The first-order valence-electron chi connectivity index (χ1n) is 9.87. The van der Waals surface area contributed by atoms with Crippen LogP contribution in [-0.4, -0.2) is 59.2 Å². The number of hydrogen-bond donors (Lipinski definition) is 1. The molecule has 1 aliphatic carbocycles. The molecule has 142 valence electrons. The molecule has 1 aromatic rings. The molecule has 0 aromatic heterocycles. The van der Waals surface area contributed by atoms with Crippen molar-refractivity contribution < 1.29 is 14.6 Å². The van der Waals surface area contributed by atoms with Gasteiger partial charge in [0.25, 0.3) is 0 Å². The van der Waals surface area contributed by atoms with E-state index < -0.39 is 5.97 Å². The van der Waals surface area contributed by atoms with Crippen molar-refractivity contribution in [2.45, 2.75) is 63.7 Å². The van der Waals surface area contributed by atoms with Gasteiger partial charge in [-0.25, -0.2) is 4.79 Å². The molecule has 1 N–H and O–H groups in total. The highest BCUT2D eigenvalue weighted by Crippen LogP contribution is 2.52. The van der Waals surface area contributed by atoms with Gasteiger partial charge in [0, 0.05) is 36.6 Å². The van der Waals surface area contributed by atoms with Crippen molar-refractivity contribution in [2.24, 2.45) is 5.41 Å². The van der Waals surface area contributed by atoms with Gasteiger partial charge in [-0.1, -0.05) is 31.9 Å². The molecule has 4 rings (SSSR count). The third kappa shape index (κ3) is 3.12. The molecule has 0 radical (unpaired) electrons. The Morgan fingerprint density at radius 1 is 1.23 bits per heavy atom. The third-order valence-corrected chi connectivity index (χ3v) is 7.03. The SMILES string of the molecule is CN1[C@@H]2CN(Cc3ccc(OCC(=O)O)cc3)[C@@H]3CCCC[C@H]1[C@]3(C)C2. The second kappa shape index (κ2) is 6.86. The Balaban J connectivity index is 1.49.